The summed E-state index contributed by atoms with van der Waals surface area (Å²) in [5, 5.41) is -0.266. The molecule has 0 saturated carbocycles. The van der Waals surface area contributed by atoms with Gasteiger partial charge in [-0.05, 0) is 61.4 Å². The Labute approximate surface area is 181 Å². The van der Waals surface area contributed by atoms with Crippen LogP contribution in [0.4, 0.5) is 4.79 Å². The number of benzene rings is 2. The van der Waals surface area contributed by atoms with Crippen molar-refractivity contribution in [2.45, 2.75) is 26.8 Å². The molecule has 1 fully saturated rings. The highest BCUT2D eigenvalue weighted by atomic mass is 32.2. The molecule has 0 bridgehead atoms. The van der Waals surface area contributed by atoms with Crippen molar-refractivity contribution in [1.82, 2.24) is 4.90 Å². The molecule has 1 heterocycles. The van der Waals surface area contributed by atoms with Crippen molar-refractivity contribution in [2.24, 2.45) is 0 Å². The van der Waals surface area contributed by atoms with Crippen LogP contribution in [0.3, 0.4) is 0 Å². The number of amides is 2. The molecule has 1 aliphatic heterocycles. The van der Waals surface area contributed by atoms with E-state index in [-0.39, 0.29) is 17.7 Å². The van der Waals surface area contributed by atoms with E-state index in [9.17, 15) is 9.59 Å². The maximum atomic E-state index is 12.9. The smallest absolute Gasteiger partial charge is 0.293 e. The molecule has 6 heteroatoms. The lowest BCUT2D eigenvalue weighted by Gasteiger charge is -2.16. The lowest BCUT2D eigenvalue weighted by Crippen LogP contribution is -2.27. The summed E-state index contributed by atoms with van der Waals surface area (Å²) in [5.74, 6) is 1.02. The molecule has 0 radical (unpaired) electrons. The van der Waals surface area contributed by atoms with E-state index in [1.165, 1.54) is 4.90 Å². The Morgan fingerprint density at radius 3 is 2.47 bits per heavy atom. The van der Waals surface area contributed by atoms with Gasteiger partial charge in [-0.15, -0.1) is 6.58 Å². The fourth-order valence-electron chi connectivity index (χ4n) is 3.20. The first-order valence-electron chi connectivity index (χ1n) is 9.90. The molecule has 0 spiro atoms. The number of carbonyl (C=O) groups excluding carboxylic acids is 2. The maximum absolute atomic E-state index is 12.9. The highest BCUT2D eigenvalue weighted by Crippen LogP contribution is 2.37. The molecule has 3 rings (SSSR count). The molecule has 0 unspecified atom stereocenters. The number of imide groups is 1. The van der Waals surface area contributed by atoms with E-state index in [0.717, 1.165) is 28.5 Å². The summed E-state index contributed by atoms with van der Waals surface area (Å²) < 4.78 is 11.6. The zero-order valence-corrected chi connectivity index (χ0v) is 18.0. The molecular weight excluding hydrogens is 398 g/mol. The molecule has 1 saturated heterocycles. The molecule has 2 aromatic carbocycles. The first-order valence-corrected chi connectivity index (χ1v) is 10.7. The molecule has 5 nitrogen and oxygen atoms in total. The second kappa shape index (κ2) is 10.2. The Balaban J connectivity index is 1.92. The van der Waals surface area contributed by atoms with Crippen molar-refractivity contribution >= 4 is 29.0 Å². The van der Waals surface area contributed by atoms with Crippen molar-refractivity contribution in [1.29, 1.82) is 0 Å². The topological polar surface area (TPSA) is 55.8 Å². The Hall–Kier alpha value is -2.99. The van der Waals surface area contributed by atoms with Crippen molar-refractivity contribution in [2.75, 3.05) is 13.2 Å². The van der Waals surface area contributed by atoms with Crippen LogP contribution in [0.2, 0.25) is 0 Å². The summed E-state index contributed by atoms with van der Waals surface area (Å²) in [4.78, 5) is 27.0. The first-order chi connectivity index (χ1) is 14.6. The number of hydrogen-bond donors (Lipinski definition) is 0. The van der Waals surface area contributed by atoms with E-state index in [0.29, 0.717) is 36.0 Å². The average Bonchev–Trinajstić information content (AvgIpc) is 2.99. The van der Waals surface area contributed by atoms with Crippen LogP contribution in [-0.2, 0) is 17.8 Å². The predicted octanol–water partition coefficient (Wildman–Crippen LogP) is 5.45. The highest BCUT2D eigenvalue weighted by Gasteiger charge is 2.35. The van der Waals surface area contributed by atoms with Gasteiger partial charge in [0.1, 0.15) is 0 Å². The standard InChI is InChI=1S/C24H25NO4S/c1-4-10-19-13-18(14-20(28-5-2)22(19)29-6-3)15-21-23(26)25(24(27)30-21)16-17-11-8-7-9-12-17/h4,7-9,11-15H,1,5-6,10,16H2,2-3H3/b21-15+. The van der Waals surface area contributed by atoms with Gasteiger partial charge in [0, 0.05) is 5.56 Å². The molecule has 0 N–H and O–H groups in total. The average molecular weight is 424 g/mol. The summed E-state index contributed by atoms with van der Waals surface area (Å²) in [6, 6.07) is 13.3. The molecule has 1 aliphatic rings. The first kappa shape index (κ1) is 21.7. The van der Waals surface area contributed by atoms with E-state index in [2.05, 4.69) is 6.58 Å². The van der Waals surface area contributed by atoms with Crippen LogP contribution in [0.25, 0.3) is 6.08 Å². The van der Waals surface area contributed by atoms with Gasteiger partial charge in [-0.2, -0.15) is 0 Å². The number of allylic oxidation sites excluding steroid dienone is 1. The SMILES string of the molecule is C=CCc1cc(/C=C2/SC(=O)N(Cc3ccccc3)C2=O)cc(OCC)c1OCC. The van der Waals surface area contributed by atoms with Crippen LogP contribution in [-0.4, -0.2) is 29.3 Å². The minimum atomic E-state index is -0.286. The third kappa shape index (κ3) is 4.94. The number of rotatable bonds is 9. The molecule has 2 aromatic rings. The van der Waals surface area contributed by atoms with Crippen LogP contribution in [0.5, 0.6) is 11.5 Å². The summed E-state index contributed by atoms with van der Waals surface area (Å²) in [7, 11) is 0. The van der Waals surface area contributed by atoms with Gasteiger partial charge in [0.05, 0.1) is 24.7 Å². The molecule has 0 aromatic heterocycles. The highest BCUT2D eigenvalue weighted by molar-refractivity contribution is 8.18. The van der Waals surface area contributed by atoms with Gasteiger partial charge in [-0.25, -0.2) is 0 Å². The van der Waals surface area contributed by atoms with Crippen LogP contribution in [0.1, 0.15) is 30.5 Å². The largest absolute Gasteiger partial charge is 0.490 e. The summed E-state index contributed by atoms with van der Waals surface area (Å²) in [5.41, 5.74) is 2.62. The van der Waals surface area contributed by atoms with Crippen LogP contribution in [0.15, 0.2) is 60.0 Å². The quantitative estimate of drug-likeness (QED) is 0.397. The van der Waals surface area contributed by atoms with Crippen LogP contribution in [0, 0.1) is 0 Å². The molecule has 0 atom stereocenters. The maximum Gasteiger partial charge on any atom is 0.293 e. The number of hydrogen-bond acceptors (Lipinski definition) is 5. The lowest BCUT2D eigenvalue weighted by molar-refractivity contribution is -0.123. The zero-order valence-electron chi connectivity index (χ0n) is 17.2. The Bertz CT molecular complexity index is 969. The number of carbonyl (C=O) groups is 2. The van der Waals surface area contributed by atoms with Gasteiger partial charge < -0.3 is 9.47 Å². The lowest BCUT2D eigenvalue weighted by atomic mass is 10.0. The van der Waals surface area contributed by atoms with Gasteiger partial charge >= 0.3 is 0 Å². The summed E-state index contributed by atoms with van der Waals surface area (Å²) in [6.45, 7) is 8.91. The van der Waals surface area contributed by atoms with Gasteiger partial charge in [-0.3, -0.25) is 14.5 Å². The number of nitrogens with zero attached hydrogens (tertiary/aromatic N) is 1. The second-order valence-corrected chi connectivity index (χ2v) is 7.61. The van der Waals surface area contributed by atoms with E-state index < -0.39 is 0 Å². The van der Waals surface area contributed by atoms with Crippen LogP contribution < -0.4 is 9.47 Å². The molecule has 2 amide bonds. The monoisotopic (exact) mass is 423 g/mol. The third-order valence-corrected chi connectivity index (χ3v) is 5.37. The van der Waals surface area contributed by atoms with Gasteiger partial charge in [0.15, 0.2) is 11.5 Å². The Morgan fingerprint density at radius 2 is 1.80 bits per heavy atom. The molecule has 0 aliphatic carbocycles. The minimum absolute atomic E-state index is 0.262. The van der Waals surface area contributed by atoms with Gasteiger partial charge in [0.2, 0.25) is 0 Å². The predicted molar refractivity (Wildman–Crippen MR) is 121 cm³/mol. The van der Waals surface area contributed by atoms with E-state index >= 15 is 0 Å². The normalized spacial score (nSPS) is 15.0. The Kier molecular flexibility index (Phi) is 7.36. The molecular formula is C24H25NO4S. The summed E-state index contributed by atoms with van der Waals surface area (Å²) in [6.07, 6.45) is 4.14. The van der Waals surface area contributed by atoms with Crippen molar-refractivity contribution in [3.63, 3.8) is 0 Å². The van der Waals surface area contributed by atoms with E-state index in [4.69, 9.17) is 9.47 Å². The second-order valence-electron chi connectivity index (χ2n) is 6.62. The fourth-order valence-corrected chi connectivity index (χ4v) is 4.04. The van der Waals surface area contributed by atoms with E-state index in [1.807, 2.05) is 56.3 Å². The summed E-state index contributed by atoms with van der Waals surface area (Å²) >= 11 is 0.955. The molecule has 30 heavy (non-hydrogen) atoms. The number of ether oxygens (including phenoxy) is 2. The molecule has 156 valence electrons. The zero-order chi connectivity index (χ0) is 21.5. The fraction of sp³-hybridized carbons (Fsp3) is 0.250. The Morgan fingerprint density at radius 1 is 1.07 bits per heavy atom. The van der Waals surface area contributed by atoms with Crippen molar-refractivity contribution in [3.05, 3.63) is 76.7 Å². The minimum Gasteiger partial charge on any atom is -0.490 e. The van der Waals surface area contributed by atoms with Crippen molar-refractivity contribution < 1.29 is 19.1 Å². The van der Waals surface area contributed by atoms with Gasteiger partial charge in [-0.1, -0.05) is 36.4 Å². The van der Waals surface area contributed by atoms with Crippen molar-refractivity contribution in [3.8, 4) is 11.5 Å². The van der Waals surface area contributed by atoms with Crippen LogP contribution >= 0.6 is 11.8 Å². The van der Waals surface area contributed by atoms with Gasteiger partial charge in [0.25, 0.3) is 11.1 Å². The van der Waals surface area contributed by atoms with E-state index in [1.54, 1.807) is 12.2 Å². The number of thioether (sulfide) groups is 1. The third-order valence-electron chi connectivity index (χ3n) is 4.46.